The second-order valence-corrected chi connectivity index (χ2v) is 11.5. The number of phenols is 1. The summed E-state index contributed by atoms with van der Waals surface area (Å²) in [5.74, 6) is -1.26. The van der Waals surface area contributed by atoms with Gasteiger partial charge in [-0.2, -0.15) is 0 Å². The van der Waals surface area contributed by atoms with E-state index in [9.17, 15) is 19.8 Å². The van der Waals surface area contributed by atoms with E-state index in [4.69, 9.17) is 9.47 Å². The zero-order valence-corrected chi connectivity index (χ0v) is 24.0. The smallest absolute Gasteiger partial charge is 0.296 e. The molecule has 0 fully saturated rings. The number of aromatic nitrogens is 2. The van der Waals surface area contributed by atoms with E-state index in [2.05, 4.69) is 25.9 Å². The van der Waals surface area contributed by atoms with Crippen LogP contribution in [0.2, 0.25) is 0 Å². The Bertz CT molecular complexity index is 1640. The molecule has 5 rings (SSSR count). The molecule has 2 N–H and O–H groups in total. The van der Waals surface area contributed by atoms with Crippen LogP contribution < -0.4 is 14.4 Å². The fourth-order valence-corrected chi connectivity index (χ4v) is 6.73. The first-order valence-electron chi connectivity index (χ1n) is 11.5. The lowest BCUT2D eigenvalue weighted by molar-refractivity contribution is -0.117. The molecular weight excluding hydrogens is 594 g/mol. The molecule has 1 aliphatic rings. The predicted octanol–water partition coefficient (Wildman–Crippen LogP) is 6.03. The summed E-state index contributed by atoms with van der Waals surface area (Å²) in [4.78, 5) is 38.0. The Labute approximate surface area is 234 Å². The summed E-state index contributed by atoms with van der Waals surface area (Å²) in [5, 5.41) is 22.5. The summed E-state index contributed by atoms with van der Waals surface area (Å²) in [5.41, 5.74) is 1.48. The van der Waals surface area contributed by atoms with Crippen molar-refractivity contribution in [2.75, 3.05) is 18.6 Å². The number of hydrogen-bond acceptors (Lipinski definition) is 10. The zero-order chi connectivity index (χ0) is 27.3. The van der Waals surface area contributed by atoms with Gasteiger partial charge in [-0.05, 0) is 72.6 Å². The number of halogens is 1. The highest BCUT2D eigenvalue weighted by molar-refractivity contribution is 9.10. The van der Waals surface area contributed by atoms with Crippen molar-refractivity contribution in [1.82, 2.24) is 9.97 Å². The monoisotopic (exact) mass is 615 g/mol. The van der Waals surface area contributed by atoms with Crippen LogP contribution in [0.5, 0.6) is 17.2 Å². The first-order chi connectivity index (χ1) is 18.1. The molecule has 1 unspecified atom stereocenters. The van der Waals surface area contributed by atoms with Gasteiger partial charge in [0.1, 0.15) is 5.75 Å². The first-order valence-corrected chi connectivity index (χ1v) is 13.9. The lowest BCUT2D eigenvalue weighted by atomic mass is 9.95. The van der Waals surface area contributed by atoms with E-state index in [1.54, 1.807) is 32.0 Å². The number of methoxy groups -OCH3 is 1. The van der Waals surface area contributed by atoms with Crippen molar-refractivity contribution in [3.8, 4) is 17.2 Å². The molecule has 38 heavy (non-hydrogen) atoms. The third-order valence-electron chi connectivity index (χ3n) is 6.01. The second-order valence-electron chi connectivity index (χ2n) is 8.43. The fraction of sp³-hybridized carbons (Fsp3) is 0.231. The predicted molar refractivity (Wildman–Crippen MR) is 149 cm³/mol. The number of aliphatic hydroxyl groups excluding tert-OH is 1. The Kier molecular flexibility index (Phi) is 6.88. The number of benzene rings is 2. The third-order valence-corrected chi connectivity index (χ3v) is 8.71. The van der Waals surface area contributed by atoms with Gasteiger partial charge in [0, 0.05) is 0 Å². The number of carbonyl (C=O) groups is 2. The average Bonchev–Trinajstić information content (AvgIpc) is 3.53. The fourth-order valence-electron chi connectivity index (χ4n) is 4.37. The van der Waals surface area contributed by atoms with Crippen LogP contribution in [-0.4, -0.2) is 45.6 Å². The van der Waals surface area contributed by atoms with Gasteiger partial charge in [0.05, 0.1) is 55.6 Å². The van der Waals surface area contributed by atoms with Crippen LogP contribution in [0.15, 0.2) is 46.1 Å². The van der Waals surface area contributed by atoms with Crippen molar-refractivity contribution >= 4 is 65.6 Å². The lowest BCUT2D eigenvalue weighted by Gasteiger charge is -2.25. The van der Waals surface area contributed by atoms with Crippen molar-refractivity contribution in [2.24, 2.45) is 0 Å². The molecular formula is C26H22BrN3O6S2. The largest absolute Gasteiger partial charge is 0.503 e. The number of anilines is 1. The molecule has 1 aliphatic heterocycles. The summed E-state index contributed by atoms with van der Waals surface area (Å²) in [6.07, 6.45) is 0. The van der Waals surface area contributed by atoms with Gasteiger partial charge >= 0.3 is 0 Å². The number of ketones is 1. The molecule has 12 heteroatoms. The van der Waals surface area contributed by atoms with Crippen LogP contribution in [-0.2, 0) is 4.79 Å². The van der Waals surface area contributed by atoms with Gasteiger partial charge in [-0.1, -0.05) is 11.3 Å². The molecule has 4 aromatic rings. The number of thiazole rings is 2. The molecule has 9 nitrogen and oxygen atoms in total. The summed E-state index contributed by atoms with van der Waals surface area (Å²) in [6.45, 7) is 5.88. The number of ether oxygens (including phenoxy) is 2. The van der Waals surface area contributed by atoms with E-state index < -0.39 is 23.5 Å². The van der Waals surface area contributed by atoms with Crippen molar-refractivity contribution in [2.45, 2.75) is 26.8 Å². The highest BCUT2D eigenvalue weighted by Crippen LogP contribution is 2.47. The number of carbonyl (C=O) groups excluding carboxylic acids is 2. The summed E-state index contributed by atoms with van der Waals surface area (Å²) >= 11 is 5.76. The highest BCUT2D eigenvalue weighted by atomic mass is 79.9. The van der Waals surface area contributed by atoms with Gasteiger partial charge < -0.3 is 19.7 Å². The Morgan fingerprint density at radius 1 is 1.16 bits per heavy atom. The standard InChI is InChI=1S/C26H22BrN3O6S2/c1-5-36-14-6-7-16-18(10-14)38-26(29-16)30-20(13-8-15(27)21(31)17(9-13)35-4)19(23(33)25(30)34)22(32)24-11(2)28-12(3)37-24/h6-10,20,31,33H,5H2,1-4H3. The molecule has 0 spiro atoms. The quantitative estimate of drug-likeness (QED) is 0.242. The maximum absolute atomic E-state index is 13.8. The van der Waals surface area contributed by atoms with E-state index >= 15 is 0 Å². The van der Waals surface area contributed by atoms with Gasteiger partial charge in [0.2, 0.25) is 5.78 Å². The normalized spacial score (nSPS) is 15.6. The molecule has 0 radical (unpaired) electrons. The van der Waals surface area contributed by atoms with Gasteiger partial charge in [-0.15, -0.1) is 11.3 Å². The first kappa shape index (κ1) is 26.1. The van der Waals surface area contributed by atoms with Crippen LogP contribution in [0.4, 0.5) is 5.13 Å². The van der Waals surface area contributed by atoms with Crippen molar-refractivity contribution < 1.29 is 29.3 Å². The third kappa shape index (κ3) is 4.32. The van der Waals surface area contributed by atoms with Crippen molar-refractivity contribution in [3.05, 3.63) is 67.3 Å². The number of Topliss-reactive ketones (excluding diaryl/α,β-unsaturated/α-hetero) is 1. The maximum Gasteiger partial charge on any atom is 0.296 e. The maximum atomic E-state index is 13.8. The number of nitrogens with zero attached hydrogens (tertiary/aromatic N) is 3. The van der Waals surface area contributed by atoms with Crippen LogP contribution >= 0.6 is 38.6 Å². The van der Waals surface area contributed by atoms with E-state index in [1.807, 2.05) is 13.0 Å². The number of aromatic hydroxyl groups is 1. The van der Waals surface area contributed by atoms with Gasteiger partial charge in [-0.3, -0.25) is 14.5 Å². The van der Waals surface area contributed by atoms with Gasteiger partial charge in [0.25, 0.3) is 5.91 Å². The highest BCUT2D eigenvalue weighted by Gasteiger charge is 2.47. The van der Waals surface area contributed by atoms with Crippen molar-refractivity contribution in [3.63, 3.8) is 0 Å². The zero-order valence-electron chi connectivity index (χ0n) is 20.7. The average molecular weight is 617 g/mol. The number of rotatable bonds is 7. The number of aryl methyl sites for hydroxylation is 2. The number of amides is 1. The molecule has 0 aliphatic carbocycles. The molecule has 2 aromatic carbocycles. The minimum absolute atomic E-state index is 0.101. The SMILES string of the molecule is CCOc1ccc2nc(N3C(=O)C(O)=C(C(=O)c4sc(C)nc4C)C3c3cc(Br)c(O)c(OC)c3)sc2c1. The summed E-state index contributed by atoms with van der Waals surface area (Å²) in [6, 6.07) is 7.48. The molecule has 196 valence electrons. The molecule has 1 amide bonds. The topological polar surface area (TPSA) is 122 Å². The number of hydrogen-bond donors (Lipinski definition) is 2. The summed E-state index contributed by atoms with van der Waals surface area (Å²) < 4.78 is 12.0. The molecule has 3 heterocycles. The Morgan fingerprint density at radius 3 is 2.58 bits per heavy atom. The number of fused-ring (bicyclic) bond motifs is 1. The molecule has 0 saturated carbocycles. The minimum atomic E-state index is -1.05. The Hall–Kier alpha value is -3.48. The molecule has 0 saturated heterocycles. The van der Waals surface area contributed by atoms with E-state index in [1.165, 1.54) is 40.7 Å². The van der Waals surface area contributed by atoms with E-state index in [0.717, 1.165) is 4.70 Å². The lowest BCUT2D eigenvalue weighted by Crippen LogP contribution is -2.31. The summed E-state index contributed by atoms with van der Waals surface area (Å²) in [7, 11) is 1.40. The van der Waals surface area contributed by atoms with Crippen molar-refractivity contribution in [1.29, 1.82) is 0 Å². The van der Waals surface area contributed by atoms with Crippen LogP contribution in [0.1, 0.15) is 38.9 Å². The Morgan fingerprint density at radius 2 is 1.92 bits per heavy atom. The molecule has 0 bridgehead atoms. The Balaban J connectivity index is 1.71. The van der Waals surface area contributed by atoms with Gasteiger partial charge in [-0.25, -0.2) is 9.97 Å². The molecule has 1 atom stereocenters. The van der Waals surface area contributed by atoms with E-state index in [-0.39, 0.29) is 17.1 Å². The minimum Gasteiger partial charge on any atom is -0.503 e. The van der Waals surface area contributed by atoms with Gasteiger partial charge in [0.15, 0.2) is 22.4 Å². The van der Waals surface area contributed by atoms with Crippen LogP contribution in [0, 0.1) is 13.8 Å². The van der Waals surface area contributed by atoms with Crippen LogP contribution in [0.25, 0.3) is 10.2 Å². The number of aliphatic hydroxyl groups is 1. The molecule has 2 aromatic heterocycles. The van der Waals surface area contributed by atoms with E-state index in [0.29, 0.717) is 48.6 Å². The second kappa shape index (κ2) is 10.0. The van der Waals surface area contributed by atoms with Crippen LogP contribution in [0.3, 0.4) is 0 Å². The number of phenolic OH excluding ortho intramolecular Hbond substituents is 1.